The van der Waals surface area contributed by atoms with Crippen molar-refractivity contribution in [1.82, 2.24) is 14.9 Å². The summed E-state index contributed by atoms with van der Waals surface area (Å²) in [6, 6.07) is 5.68. The number of anilines is 1. The molecular weight excluding hydrogens is 323 g/mol. The minimum absolute atomic E-state index is 0.195. The summed E-state index contributed by atoms with van der Waals surface area (Å²) in [5.74, 6) is -0.927. The monoisotopic (exact) mass is 344 g/mol. The van der Waals surface area contributed by atoms with E-state index in [1.165, 1.54) is 18.2 Å². The first-order chi connectivity index (χ1) is 12.1. The van der Waals surface area contributed by atoms with Crippen molar-refractivity contribution in [3.05, 3.63) is 47.3 Å². The van der Waals surface area contributed by atoms with Crippen molar-refractivity contribution < 1.29 is 14.0 Å². The number of rotatable bonds is 5. The first-order valence-electron chi connectivity index (χ1n) is 8.54. The van der Waals surface area contributed by atoms with Gasteiger partial charge in [-0.1, -0.05) is 13.0 Å². The molecule has 0 saturated carbocycles. The summed E-state index contributed by atoms with van der Waals surface area (Å²) in [6.45, 7) is 3.19. The zero-order valence-corrected chi connectivity index (χ0v) is 14.1. The smallest absolute Gasteiger partial charge is 0.291 e. The van der Waals surface area contributed by atoms with E-state index in [2.05, 4.69) is 15.6 Å². The maximum atomic E-state index is 13.3. The topological polar surface area (TPSA) is 76.0 Å². The molecule has 132 valence electrons. The molecule has 0 fully saturated rings. The van der Waals surface area contributed by atoms with Crippen LogP contribution in [-0.4, -0.2) is 27.9 Å². The Balaban J connectivity index is 1.89. The van der Waals surface area contributed by atoms with Crippen molar-refractivity contribution in [2.24, 2.45) is 0 Å². The number of nitrogens with zero attached hydrogens (tertiary/aromatic N) is 2. The Morgan fingerprint density at radius 1 is 1.28 bits per heavy atom. The van der Waals surface area contributed by atoms with Crippen molar-refractivity contribution in [2.45, 2.75) is 39.2 Å². The minimum atomic E-state index is -0.441. The quantitative estimate of drug-likeness (QED) is 0.876. The minimum Gasteiger partial charge on any atom is -0.351 e. The first kappa shape index (κ1) is 17.1. The van der Waals surface area contributed by atoms with Gasteiger partial charge >= 0.3 is 0 Å². The Morgan fingerprint density at radius 2 is 2.12 bits per heavy atom. The highest BCUT2D eigenvalue weighted by Crippen LogP contribution is 2.22. The van der Waals surface area contributed by atoms with E-state index < -0.39 is 11.7 Å². The molecule has 2 amide bonds. The molecule has 25 heavy (non-hydrogen) atoms. The standard InChI is InChI=1S/C18H21FN4O2/c1-2-9-20-17(24)15-14-8-3-4-10-23(14)16(22-15)18(25)21-13-7-5-6-12(19)11-13/h5-7,11H,2-4,8-10H2,1H3,(H,20,24)(H,21,25). The van der Waals surface area contributed by atoms with E-state index in [9.17, 15) is 14.0 Å². The molecule has 2 aromatic rings. The number of halogens is 1. The summed E-state index contributed by atoms with van der Waals surface area (Å²) in [4.78, 5) is 29.3. The highest BCUT2D eigenvalue weighted by Gasteiger charge is 2.27. The average Bonchev–Trinajstić information content (AvgIpc) is 2.99. The summed E-state index contributed by atoms with van der Waals surface area (Å²) < 4.78 is 15.1. The third-order valence-corrected chi connectivity index (χ3v) is 4.15. The highest BCUT2D eigenvalue weighted by molar-refractivity contribution is 6.03. The van der Waals surface area contributed by atoms with E-state index in [-0.39, 0.29) is 11.7 Å². The van der Waals surface area contributed by atoms with Crippen LogP contribution in [0, 0.1) is 5.82 Å². The molecule has 0 spiro atoms. The normalized spacial score (nSPS) is 13.2. The molecule has 7 heteroatoms. The molecule has 0 bridgehead atoms. The maximum absolute atomic E-state index is 13.3. The number of carbonyl (C=O) groups is 2. The lowest BCUT2D eigenvalue weighted by Crippen LogP contribution is -2.26. The van der Waals surface area contributed by atoms with Crippen LogP contribution >= 0.6 is 0 Å². The molecule has 2 heterocycles. The number of benzene rings is 1. The van der Waals surface area contributed by atoms with E-state index >= 15 is 0 Å². The van der Waals surface area contributed by atoms with Crippen LogP contribution in [0.2, 0.25) is 0 Å². The zero-order valence-electron chi connectivity index (χ0n) is 14.1. The van der Waals surface area contributed by atoms with Gasteiger partial charge in [-0.2, -0.15) is 0 Å². The molecule has 0 radical (unpaired) electrons. The number of aromatic nitrogens is 2. The molecule has 0 unspecified atom stereocenters. The average molecular weight is 344 g/mol. The van der Waals surface area contributed by atoms with Gasteiger partial charge in [0.2, 0.25) is 0 Å². The fourth-order valence-electron chi connectivity index (χ4n) is 2.97. The number of carbonyl (C=O) groups excluding carboxylic acids is 2. The second kappa shape index (κ2) is 7.46. The Labute approximate surface area is 145 Å². The predicted octanol–water partition coefficient (Wildman–Crippen LogP) is 2.75. The number of hydrogen-bond donors (Lipinski definition) is 2. The van der Waals surface area contributed by atoms with Crippen LogP contribution in [0.1, 0.15) is 53.0 Å². The number of imidazole rings is 1. The number of nitrogens with one attached hydrogen (secondary N) is 2. The molecule has 0 atom stereocenters. The van der Waals surface area contributed by atoms with E-state index in [4.69, 9.17) is 0 Å². The molecule has 2 N–H and O–H groups in total. The van der Waals surface area contributed by atoms with Crippen LogP contribution < -0.4 is 10.6 Å². The van der Waals surface area contributed by atoms with Crippen LogP contribution in [0.4, 0.5) is 10.1 Å². The molecule has 1 aromatic carbocycles. The van der Waals surface area contributed by atoms with E-state index in [1.54, 1.807) is 10.6 Å². The lowest BCUT2D eigenvalue weighted by Gasteiger charge is -2.17. The summed E-state index contributed by atoms with van der Waals surface area (Å²) in [5, 5.41) is 5.46. The van der Waals surface area contributed by atoms with Gasteiger partial charge in [-0.3, -0.25) is 9.59 Å². The van der Waals surface area contributed by atoms with Gasteiger partial charge in [0.1, 0.15) is 11.5 Å². The van der Waals surface area contributed by atoms with Gasteiger partial charge in [0.05, 0.1) is 5.69 Å². The van der Waals surface area contributed by atoms with E-state index in [0.29, 0.717) is 24.5 Å². The van der Waals surface area contributed by atoms with Crippen molar-refractivity contribution in [3.8, 4) is 0 Å². The number of hydrogen-bond acceptors (Lipinski definition) is 3. The van der Waals surface area contributed by atoms with E-state index in [1.807, 2.05) is 6.92 Å². The number of fused-ring (bicyclic) bond motifs is 1. The van der Waals surface area contributed by atoms with Gasteiger partial charge in [0.15, 0.2) is 5.82 Å². The van der Waals surface area contributed by atoms with Gasteiger partial charge < -0.3 is 15.2 Å². The molecule has 1 aliphatic rings. The van der Waals surface area contributed by atoms with Crippen molar-refractivity contribution >= 4 is 17.5 Å². The molecule has 1 aliphatic heterocycles. The summed E-state index contributed by atoms with van der Waals surface area (Å²) in [5.41, 5.74) is 1.47. The molecule has 0 aliphatic carbocycles. The van der Waals surface area contributed by atoms with Crippen molar-refractivity contribution in [2.75, 3.05) is 11.9 Å². The lowest BCUT2D eigenvalue weighted by atomic mass is 10.1. The first-order valence-corrected chi connectivity index (χ1v) is 8.54. The highest BCUT2D eigenvalue weighted by atomic mass is 19.1. The molecule has 0 saturated heterocycles. The molecule has 3 rings (SSSR count). The van der Waals surface area contributed by atoms with Gasteiger partial charge in [0.25, 0.3) is 11.8 Å². The van der Waals surface area contributed by atoms with Crippen LogP contribution in [0.5, 0.6) is 0 Å². The van der Waals surface area contributed by atoms with Gasteiger partial charge in [-0.15, -0.1) is 0 Å². The van der Waals surface area contributed by atoms with Crippen LogP contribution in [-0.2, 0) is 13.0 Å². The SMILES string of the molecule is CCCNC(=O)c1nc(C(=O)Nc2cccc(F)c2)n2c1CCCC2. The lowest BCUT2D eigenvalue weighted by molar-refractivity contribution is 0.0947. The third-order valence-electron chi connectivity index (χ3n) is 4.15. The van der Waals surface area contributed by atoms with Gasteiger partial charge in [-0.25, -0.2) is 9.37 Å². The van der Waals surface area contributed by atoms with Gasteiger partial charge in [-0.05, 0) is 43.9 Å². The molecule has 1 aromatic heterocycles. The van der Waals surface area contributed by atoms with Crippen LogP contribution in [0.15, 0.2) is 24.3 Å². The fraction of sp³-hybridized carbons (Fsp3) is 0.389. The third kappa shape index (κ3) is 3.70. The molecular formula is C18H21FN4O2. The number of amides is 2. The van der Waals surface area contributed by atoms with Gasteiger partial charge in [0, 0.05) is 18.8 Å². The Bertz CT molecular complexity index is 800. The summed E-state index contributed by atoms with van der Waals surface area (Å²) in [7, 11) is 0. The van der Waals surface area contributed by atoms with E-state index in [0.717, 1.165) is 31.4 Å². The maximum Gasteiger partial charge on any atom is 0.291 e. The van der Waals surface area contributed by atoms with Crippen LogP contribution in [0.25, 0.3) is 0 Å². The predicted molar refractivity (Wildman–Crippen MR) is 92.1 cm³/mol. The fourth-order valence-corrected chi connectivity index (χ4v) is 2.97. The largest absolute Gasteiger partial charge is 0.351 e. The Kier molecular flexibility index (Phi) is 5.11. The Morgan fingerprint density at radius 3 is 2.88 bits per heavy atom. The van der Waals surface area contributed by atoms with Crippen molar-refractivity contribution in [3.63, 3.8) is 0 Å². The zero-order chi connectivity index (χ0) is 17.8. The second-order valence-electron chi connectivity index (χ2n) is 6.06. The molecule has 6 nitrogen and oxygen atoms in total. The Hall–Kier alpha value is -2.70. The summed E-state index contributed by atoms with van der Waals surface area (Å²) in [6.07, 6.45) is 3.44. The van der Waals surface area contributed by atoms with Crippen LogP contribution in [0.3, 0.4) is 0 Å². The second-order valence-corrected chi connectivity index (χ2v) is 6.06. The van der Waals surface area contributed by atoms with Crippen molar-refractivity contribution in [1.29, 1.82) is 0 Å². The summed E-state index contributed by atoms with van der Waals surface area (Å²) >= 11 is 0.